The summed E-state index contributed by atoms with van der Waals surface area (Å²) >= 11 is 0. The van der Waals surface area contributed by atoms with Gasteiger partial charge in [0.25, 0.3) is 0 Å². The number of hydrogen-bond acceptors (Lipinski definition) is 6. The average Bonchev–Trinajstić information content (AvgIpc) is 3.13. The Morgan fingerprint density at radius 2 is 1.91 bits per heavy atom. The normalized spacial score (nSPS) is 32.8. The molecule has 4 aliphatic rings. The zero-order valence-electron chi connectivity index (χ0n) is 21.5. The molecule has 5 rings (SSSR count). The number of aliphatic imine (C=N–C) groups is 1. The van der Waals surface area contributed by atoms with Gasteiger partial charge in [0.1, 0.15) is 17.2 Å². The van der Waals surface area contributed by atoms with Gasteiger partial charge in [-0.25, -0.2) is 0 Å². The summed E-state index contributed by atoms with van der Waals surface area (Å²) in [6.07, 6.45) is 16.7. The molecule has 0 spiro atoms. The Labute approximate surface area is 205 Å². The van der Waals surface area contributed by atoms with Crippen molar-refractivity contribution in [1.82, 2.24) is 24.6 Å². The molecular formula is C28H40N6. The number of fused-ring (bicyclic) bond motifs is 1. The number of aromatic nitrogens is 1. The predicted octanol–water partition coefficient (Wildman–Crippen LogP) is 3.99. The van der Waals surface area contributed by atoms with E-state index in [4.69, 9.17) is 9.98 Å². The zero-order chi connectivity index (χ0) is 23.9. The van der Waals surface area contributed by atoms with Gasteiger partial charge in [-0.1, -0.05) is 24.3 Å². The van der Waals surface area contributed by atoms with Crippen LogP contribution >= 0.6 is 0 Å². The molecule has 0 aliphatic carbocycles. The van der Waals surface area contributed by atoms with Crippen LogP contribution in [0.15, 0.2) is 59.5 Å². The Morgan fingerprint density at radius 3 is 2.65 bits per heavy atom. The minimum atomic E-state index is -0.238. The number of rotatable bonds is 4. The Morgan fingerprint density at radius 1 is 1.12 bits per heavy atom. The third kappa shape index (κ3) is 3.91. The van der Waals surface area contributed by atoms with E-state index in [1.165, 1.54) is 23.5 Å². The smallest absolute Gasteiger partial charge is 0.130 e. The molecule has 182 valence electrons. The molecule has 0 radical (unpaired) electrons. The number of amidine groups is 1. The van der Waals surface area contributed by atoms with Crippen molar-refractivity contribution in [2.24, 2.45) is 4.99 Å². The predicted molar refractivity (Wildman–Crippen MR) is 140 cm³/mol. The van der Waals surface area contributed by atoms with Crippen molar-refractivity contribution in [2.45, 2.75) is 63.7 Å². The second-order valence-electron chi connectivity index (χ2n) is 10.5. The van der Waals surface area contributed by atoms with E-state index in [1.54, 1.807) is 0 Å². The zero-order valence-corrected chi connectivity index (χ0v) is 21.5. The first-order valence-corrected chi connectivity index (χ1v) is 12.9. The van der Waals surface area contributed by atoms with Crippen LogP contribution in [-0.2, 0) is 0 Å². The topological polar surface area (TPSA) is 38.2 Å². The lowest BCUT2D eigenvalue weighted by Crippen LogP contribution is -2.59. The second kappa shape index (κ2) is 9.31. The SMILES string of the molecule is C/C=C/C1N2C(N3CCN(C)CC3)=CC=CC2=N[C@@]1(C)[C@H]1CCC[C@@H](c2ncccc2C)N1C. The monoisotopic (exact) mass is 460 g/mol. The lowest BCUT2D eigenvalue weighted by molar-refractivity contribution is 0.0473. The molecule has 5 heterocycles. The van der Waals surface area contributed by atoms with Gasteiger partial charge in [-0.15, -0.1) is 0 Å². The third-order valence-corrected chi connectivity index (χ3v) is 8.40. The van der Waals surface area contributed by atoms with Crippen molar-refractivity contribution in [3.05, 3.63) is 65.8 Å². The van der Waals surface area contributed by atoms with Gasteiger partial charge in [-0.2, -0.15) is 0 Å². The molecular weight excluding hydrogens is 420 g/mol. The second-order valence-corrected chi connectivity index (χ2v) is 10.5. The molecule has 0 amide bonds. The summed E-state index contributed by atoms with van der Waals surface area (Å²) < 4.78 is 0. The number of likely N-dealkylation sites (tertiary alicyclic amines) is 1. The van der Waals surface area contributed by atoms with Crippen LogP contribution in [-0.4, -0.2) is 88.3 Å². The van der Waals surface area contributed by atoms with Crippen molar-refractivity contribution >= 4 is 5.84 Å². The number of hydrogen-bond donors (Lipinski definition) is 0. The van der Waals surface area contributed by atoms with Crippen molar-refractivity contribution in [3.8, 4) is 0 Å². The van der Waals surface area contributed by atoms with Gasteiger partial charge in [0.2, 0.25) is 0 Å². The van der Waals surface area contributed by atoms with Crippen LogP contribution in [0, 0.1) is 6.92 Å². The first-order chi connectivity index (χ1) is 16.4. The quantitative estimate of drug-likeness (QED) is 0.635. The standard InChI is InChI=1S/C28H40N6/c1-6-10-24-28(3,23-13-7-12-22(32(23)5)27-21(2)11-9-16-29-27)30-25-14-8-15-26(34(24)25)33-19-17-31(4)18-20-33/h6,8-11,14-16,22-24H,7,12-13,17-20H2,1-5H3/b10-6+/t22-,23+,24?,28-/m0/s1. The van der Waals surface area contributed by atoms with Gasteiger partial charge < -0.3 is 14.7 Å². The molecule has 0 bridgehead atoms. The molecule has 2 saturated heterocycles. The summed E-state index contributed by atoms with van der Waals surface area (Å²) in [6, 6.07) is 5.11. The fraction of sp³-hybridized carbons (Fsp3) is 0.571. The minimum Gasteiger partial charge on any atom is -0.355 e. The van der Waals surface area contributed by atoms with Crippen molar-refractivity contribution < 1.29 is 0 Å². The van der Waals surface area contributed by atoms with Gasteiger partial charge in [-0.05, 0) is 77.9 Å². The molecule has 4 atom stereocenters. The molecule has 2 fully saturated rings. The highest BCUT2D eigenvalue weighted by atomic mass is 15.4. The maximum absolute atomic E-state index is 5.49. The summed E-state index contributed by atoms with van der Waals surface area (Å²) in [5, 5.41) is 0. The van der Waals surface area contributed by atoms with E-state index in [0.717, 1.165) is 44.9 Å². The number of piperazine rings is 1. The van der Waals surface area contributed by atoms with Crippen LogP contribution in [0.5, 0.6) is 0 Å². The van der Waals surface area contributed by atoms with Gasteiger partial charge >= 0.3 is 0 Å². The fourth-order valence-corrected chi connectivity index (χ4v) is 6.49. The Bertz CT molecular complexity index is 1020. The molecule has 6 nitrogen and oxygen atoms in total. The minimum absolute atomic E-state index is 0.194. The summed E-state index contributed by atoms with van der Waals surface area (Å²) in [5.41, 5.74) is 2.27. The van der Waals surface area contributed by atoms with Gasteiger partial charge in [0.15, 0.2) is 0 Å². The lowest BCUT2D eigenvalue weighted by atomic mass is 9.77. The highest BCUT2D eigenvalue weighted by Gasteiger charge is 2.53. The number of aryl methyl sites for hydroxylation is 1. The fourth-order valence-electron chi connectivity index (χ4n) is 6.49. The highest BCUT2D eigenvalue weighted by molar-refractivity contribution is 5.98. The lowest BCUT2D eigenvalue weighted by Gasteiger charge is -2.49. The largest absolute Gasteiger partial charge is 0.355 e. The van der Waals surface area contributed by atoms with E-state index < -0.39 is 0 Å². The van der Waals surface area contributed by atoms with E-state index >= 15 is 0 Å². The van der Waals surface area contributed by atoms with E-state index in [9.17, 15) is 0 Å². The molecule has 0 saturated carbocycles. The Balaban J connectivity index is 1.48. The van der Waals surface area contributed by atoms with Gasteiger partial charge in [-0.3, -0.25) is 14.9 Å². The number of piperidine rings is 1. The Hall–Kier alpha value is -2.44. The number of pyridine rings is 1. The molecule has 0 aromatic carbocycles. The first kappa shape index (κ1) is 23.3. The van der Waals surface area contributed by atoms with E-state index in [1.807, 2.05) is 12.3 Å². The number of allylic oxidation sites excluding steroid dienone is 3. The molecule has 1 unspecified atom stereocenters. The summed E-state index contributed by atoms with van der Waals surface area (Å²) in [5.74, 6) is 2.41. The summed E-state index contributed by atoms with van der Waals surface area (Å²) in [4.78, 5) is 20.4. The van der Waals surface area contributed by atoms with E-state index in [-0.39, 0.29) is 11.6 Å². The summed E-state index contributed by atoms with van der Waals surface area (Å²) in [6.45, 7) is 11.0. The van der Waals surface area contributed by atoms with Gasteiger partial charge in [0.05, 0.1) is 17.8 Å². The van der Waals surface area contributed by atoms with Crippen molar-refractivity contribution in [3.63, 3.8) is 0 Å². The van der Waals surface area contributed by atoms with Crippen molar-refractivity contribution in [1.29, 1.82) is 0 Å². The molecule has 0 N–H and O–H groups in total. The molecule has 34 heavy (non-hydrogen) atoms. The molecule has 1 aromatic rings. The average molecular weight is 461 g/mol. The third-order valence-electron chi connectivity index (χ3n) is 8.40. The first-order valence-electron chi connectivity index (χ1n) is 12.9. The van der Waals surface area contributed by atoms with Crippen LogP contribution in [0.1, 0.15) is 50.4 Å². The van der Waals surface area contributed by atoms with Crippen LogP contribution in [0.3, 0.4) is 0 Å². The molecule has 1 aromatic heterocycles. The van der Waals surface area contributed by atoms with Gasteiger partial charge in [0, 0.05) is 38.4 Å². The highest BCUT2D eigenvalue weighted by Crippen LogP contribution is 2.45. The van der Waals surface area contributed by atoms with Crippen molar-refractivity contribution in [2.75, 3.05) is 40.3 Å². The van der Waals surface area contributed by atoms with Crippen LogP contribution in [0.25, 0.3) is 0 Å². The van der Waals surface area contributed by atoms with Crippen LogP contribution in [0.4, 0.5) is 0 Å². The van der Waals surface area contributed by atoms with Crippen LogP contribution < -0.4 is 0 Å². The maximum atomic E-state index is 5.49. The Kier molecular flexibility index (Phi) is 6.38. The molecule has 6 heteroatoms. The summed E-state index contributed by atoms with van der Waals surface area (Å²) in [7, 11) is 4.51. The number of nitrogens with zero attached hydrogens (tertiary/aromatic N) is 6. The van der Waals surface area contributed by atoms with E-state index in [2.05, 4.69) is 90.9 Å². The van der Waals surface area contributed by atoms with Crippen LogP contribution in [0.2, 0.25) is 0 Å². The van der Waals surface area contributed by atoms with E-state index in [0.29, 0.717) is 12.1 Å². The maximum Gasteiger partial charge on any atom is 0.130 e. The number of likely N-dealkylation sites (N-methyl/N-ethyl adjacent to an activating group) is 2. The molecule has 4 aliphatic heterocycles.